The van der Waals surface area contributed by atoms with E-state index in [-0.39, 0.29) is 16.4 Å². The zero-order valence-corrected chi connectivity index (χ0v) is 23.7. The Morgan fingerprint density at radius 1 is 0.875 bits per heavy atom. The zero-order chi connectivity index (χ0) is 27.9. The Hall–Kier alpha value is -3.35. The van der Waals surface area contributed by atoms with Crippen molar-refractivity contribution in [3.05, 3.63) is 110 Å². The number of hydrogen-bond acceptors (Lipinski definition) is 5. The van der Waals surface area contributed by atoms with Gasteiger partial charge in [-0.3, -0.25) is 24.7 Å². The number of carbonyl (C=O) groups is 1. The number of rotatable bonds is 10. The lowest BCUT2D eigenvalue weighted by atomic mass is 9.90. The van der Waals surface area contributed by atoms with Crippen LogP contribution in [0.2, 0.25) is 0 Å². The second-order valence-corrected chi connectivity index (χ2v) is 11.6. The first-order valence-electron chi connectivity index (χ1n) is 14.8. The van der Waals surface area contributed by atoms with Crippen molar-refractivity contribution in [1.82, 2.24) is 9.80 Å². The van der Waals surface area contributed by atoms with Crippen LogP contribution in [0.3, 0.4) is 0 Å². The first-order chi connectivity index (χ1) is 19.4. The van der Waals surface area contributed by atoms with Crippen LogP contribution in [0, 0.1) is 23.0 Å². The summed E-state index contributed by atoms with van der Waals surface area (Å²) in [6.45, 7) is 8.03. The minimum atomic E-state index is -0.337. The highest BCUT2D eigenvalue weighted by Gasteiger charge is 2.21. The Kier molecular flexibility index (Phi) is 9.40. The SMILES string of the molecule is Cc1ccccc1CN1CCC(CCCC(=O)c2ccc3c(c2)CCN(Cc2cccc([N+](=O)[O-])c2)CC3)CC1. The van der Waals surface area contributed by atoms with Gasteiger partial charge in [0.25, 0.3) is 5.69 Å². The molecule has 40 heavy (non-hydrogen) atoms. The van der Waals surface area contributed by atoms with E-state index in [1.54, 1.807) is 12.1 Å². The van der Waals surface area contributed by atoms with Gasteiger partial charge < -0.3 is 0 Å². The zero-order valence-electron chi connectivity index (χ0n) is 23.7. The highest BCUT2D eigenvalue weighted by atomic mass is 16.6. The molecule has 0 saturated carbocycles. The van der Waals surface area contributed by atoms with Crippen LogP contribution in [0.4, 0.5) is 5.69 Å². The smallest absolute Gasteiger partial charge is 0.269 e. The molecular weight excluding hydrogens is 498 g/mol. The minimum Gasteiger partial charge on any atom is -0.299 e. The van der Waals surface area contributed by atoms with Crippen molar-refractivity contribution in [1.29, 1.82) is 0 Å². The van der Waals surface area contributed by atoms with Crippen LogP contribution in [0.25, 0.3) is 0 Å². The second kappa shape index (κ2) is 13.3. The molecule has 210 valence electrons. The maximum Gasteiger partial charge on any atom is 0.269 e. The van der Waals surface area contributed by atoms with Crippen LogP contribution in [0.15, 0.2) is 66.7 Å². The van der Waals surface area contributed by atoms with Crippen LogP contribution in [-0.2, 0) is 25.9 Å². The average molecular weight is 540 g/mol. The molecular formula is C34H41N3O3. The molecule has 0 radical (unpaired) electrons. The summed E-state index contributed by atoms with van der Waals surface area (Å²) in [4.78, 5) is 28.8. The van der Waals surface area contributed by atoms with E-state index in [1.165, 1.54) is 41.2 Å². The molecule has 0 spiro atoms. The quantitative estimate of drug-likeness (QED) is 0.162. The van der Waals surface area contributed by atoms with Crippen molar-refractivity contribution < 1.29 is 9.72 Å². The number of carbonyl (C=O) groups excluding carboxylic acids is 1. The summed E-state index contributed by atoms with van der Waals surface area (Å²) in [5.74, 6) is 0.988. The number of aryl methyl sites for hydroxylation is 1. The summed E-state index contributed by atoms with van der Waals surface area (Å²) in [5, 5.41) is 11.1. The highest BCUT2D eigenvalue weighted by molar-refractivity contribution is 5.96. The lowest BCUT2D eigenvalue weighted by Crippen LogP contribution is -2.33. The molecule has 0 amide bonds. The molecule has 6 heteroatoms. The first kappa shape index (κ1) is 28.2. The predicted octanol–water partition coefficient (Wildman–Crippen LogP) is 6.77. The van der Waals surface area contributed by atoms with Gasteiger partial charge in [0.05, 0.1) is 4.92 Å². The molecule has 0 N–H and O–H groups in total. The third kappa shape index (κ3) is 7.43. The van der Waals surface area contributed by atoms with Gasteiger partial charge >= 0.3 is 0 Å². The molecule has 0 aliphatic carbocycles. The van der Waals surface area contributed by atoms with Crippen molar-refractivity contribution in [3.8, 4) is 0 Å². The number of nitro groups is 1. The number of nitrogens with zero attached hydrogens (tertiary/aromatic N) is 3. The van der Waals surface area contributed by atoms with Crippen LogP contribution >= 0.6 is 0 Å². The number of hydrogen-bond donors (Lipinski definition) is 0. The van der Waals surface area contributed by atoms with E-state index < -0.39 is 0 Å². The van der Waals surface area contributed by atoms with Crippen molar-refractivity contribution >= 4 is 11.5 Å². The van der Waals surface area contributed by atoms with Crippen molar-refractivity contribution in [2.45, 2.75) is 65.0 Å². The van der Waals surface area contributed by atoms with Gasteiger partial charge in [0.2, 0.25) is 0 Å². The van der Waals surface area contributed by atoms with E-state index in [0.29, 0.717) is 13.0 Å². The maximum absolute atomic E-state index is 13.1. The Labute approximate surface area is 238 Å². The molecule has 5 rings (SSSR count). The van der Waals surface area contributed by atoms with E-state index in [9.17, 15) is 14.9 Å². The Morgan fingerprint density at radius 3 is 2.40 bits per heavy atom. The van der Waals surface area contributed by atoms with Crippen LogP contribution in [0.5, 0.6) is 0 Å². The summed E-state index contributed by atoms with van der Waals surface area (Å²) >= 11 is 0. The number of benzene rings is 3. The topological polar surface area (TPSA) is 66.7 Å². The second-order valence-electron chi connectivity index (χ2n) is 11.6. The fraction of sp³-hybridized carbons (Fsp3) is 0.441. The number of likely N-dealkylation sites (tertiary alicyclic amines) is 1. The van der Waals surface area contributed by atoms with Gasteiger partial charge in [-0.15, -0.1) is 0 Å². The van der Waals surface area contributed by atoms with E-state index in [4.69, 9.17) is 0 Å². The van der Waals surface area contributed by atoms with Crippen LogP contribution in [-0.4, -0.2) is 46.7 Å². The molecule has 0 aromatic heterocycles. The first-order valence-corrected chi connectivity index (χ1v) is 14.8. The number of Topliss-reactive ketones (excluding diaryl/α,β-unsaturated/α-hetero) is 1. The summed E-state index contributed by atoms with van der Waals surface area (Å²) in [7, 11) is 0. The fourth-order valence-electron chi connectivity index (χ4n) is 6.29. The van der Waals surface area contributed by atoms with Gasteiger partial charge in [-0.25, -0.2) is 0 Å². The monoisotopic (exact) mass is 539 g/mol. The molecule has 2 aliphatic heterocycles. The lowest BCUT2D eigenvalue weighted by molar-refractivity contribution is -0.384. The summed E-state index contributed by atoms with van der Waals surface area (Å²) < 4.78 is 0. The number of fused-ring (bicyclic) bond motifs is 1. The van der Waals surface area contributed by atoms with Crippen molar-refractivity contribution in [3.63, 3.8) is 0 Å². The molecule has 2 heterocycles. The molecule has 3 aromatic carbocycles. The van der Waals surface area contributed by atoms with Crippen LogP contribution in [0.1, 0.15) is 70.3 Å². The molecule has 0 atom stereocenters. The van der Waals surface area contributed by atoms with Gasteiger partial charge in [-0.05, 0) is 98.3 Å². The fourth-order valence-corrected chi connectivity index (χ4v) is 6.29. The Morgan fingerprint density at radius 2 is 1.62 bits per heavy atom. The number of piperidine rings is 1. The maximum atomic E-state index is 13.1. The Bertz CT molecular complexity index is 1330. The molecule has 6 nitrogen and oxygen atoms in total. The molecule has 0 unspecified atom stereocenters. The minimum absolute atomic E-state index is 0.141. The largest absolute Gasteiger partial charge is 0.299 e. The summed E-state index contributed by atoms with van der Waals surface area (Å²) in [5.41, 5.74) is 7.35. The third-order valence-corrected chi connectivity index (χ3v) is 8.83. The molecule has 3 aromatic rings. The van der Waals surface area contributed by atoms with Gasteiger partial charge in [-0.2, -0.15) is 0 Å². The van der Waals surface area contributed by atoms with Gasteiger partial charge in [0.1, 0.15) is 0 Å². The van der Waals surface area contributed by atoms with E-state index in [2.05, 4.69) is 53.1 Å². The van der Waals surface area contributed by atoms with Gasteiger partial charge in [-0.1, -0.05) is 48.5 Å². The summed E-state index contributed by atoms with van der Waals surface area (Å²) in [6, 6.07) is 21.9. The molecule has 1 saturated heterocycles. The molecule has 1 fully saturated rings. The average Bonchev–Trinajstić information content (AvgIpc) is 3.17. The van der Waals surface area contributed by atoms with Crippen molar-refractivity contribution in [2.75, 3.05) is 26.2 Å². The predicted molar refractivity (Wildman–Crippen MR) is 160 cm³/mol. The number of non-ortho nitro benzene ring substituents is 1. The van der Waals surface area contributed by atoms with Crippen molar-refractivity contribution in [2.24, 2.45) is 5.92 Å². The molecule has 2 aliphatic rings. The standard InChI is InChI=1S/C34H41N3O3/c1-26-6-2-3-9-32(26)25-36-18-14-27(15-19-36)7-5-11-34(38)31-13-12-29-16-20-35(21-17-30(29)23-31)24-28-8-4-10-33(22-28)37(39)40/h2-4,6,8-10,12-13,22-23,27H,5,7,11,14-21,24-25H2,1H3. The molecule has 0 bridgehead atoms. The van der Waals surface area contributed by atoms with E-state index >= 15 is 0 Å². The normalized spacial score (nSPS) is 16.8. The summed E-state index contributed by atoms with van der Waals surface area (Å²) in [6.07, 6.45) is 7.02. The van der Waals surface area contributed by atoms with Gasteiger partial charge in [0.15, 0.2) is 5.78 Å². The number of nitro benzene ring substituents is 1. The van der Waals surface area contributed by atoms with Gasteiger partial charge in [0, 0.05) is 50.3 Å². The number of ketones is 1. The van der Waals surface area contributed by atoms with E-state index in [0.717, 1.165) is 75.5 Å². The van der Waals surface area contributed by atoms with Crippen LogP contribution < -0.4 is 0 Å². The van der Waals surface area contributed by atoms with E-state index in [1.807, 2.05) is 12.1 Å². The highest BCUT2D eigenvalue weighted by Crippen LogP contribution is 2.26. The third-order valence-electron chi connectivity index (χ3n) is 8.83. The lowest BCUT2D eigenvalue weighted by Gasteiger charge is -2.32. The Balaban J connectivity index is 1.06.